The molecule has 2 amide bonds. The minimum atomic E-state index is -0.779. The van der Waals surface area contributed by atoms with Crippen molar-refractivity contribution < 1.29 is 28.8 Å². The zero-order valence-electron chi connectivity index (χ0n) is 23.9. The van der Waals surface area contributed by atoms with E-state index in [0.29, 0.717) is 49.0 Å². The molecule has 1 aliphatic heterocycles. The molecule has 11 heteroatoms. The number of pyridine rings is 1. The number of carbonyl (C=O) groups excluding carboxylic acids is 4. The Morgan fingerprint density at radius 3 is 2.20 bits per heavy atom. The summed E-state index contributed by atoms with van der Waals surface area (Å²) in [4.78, 5) is 68.8. The number of Topliss-reactive ketones (excluding diaryl/α,β-unsaturated/α-hetero) is 1. The second-order valence-electron chi connectivity index (χ2n) is 10.5. The number of hydrogen-bond acceptors (Lipinski definition) is 8. The van der Waals surface area contributed by atoms with E-state index in [0.717, 1.165) is 16.5 Å². The molecule has 0 fully saturated rings. The van der Waals surface area contributed by atoms with Gasteiger partial charge in [0.2, 0.25) is 5.78 Å². The lowest BCUT2D eigenvalue weighted by molar-refractivity contribution is -0.385. The lowest BCUT2D eigenvalue weighted by Gasteiger charge is -2.15. The van der Waals surface area contributed by atoms with E-state index in [1.165, 1.54) is 12.1 Å². The molecular formula is C34H22BrN3O7. The molecule has 0 radical (unpaired) electrons. The summed E-state index contributed by atoms with van der Waals surface area (Å²) in [5.74, 6) is -2.19. The molecule has 0 aliphatic carbocycles. The lowest BCUT2D eigenvalue weighted by atomic mass is 10.0. The molecule has 6 rings (SSSR count). The van der Waals surface area contributed by atoms with Crippen molar-refractivity contribution in [3.8, 4) is 11.3 Å². The van der Waals surface area contributed by atoms with Crippen LogP contribution in [0.5, 0.6) is 0 Å². The first-order chi connectivity index (χ1) is 21.5. The van der Waals surface area contributed by atoms with Crippen LogP contribution in [-0.2, 0) is 4.74 Å². The zero-order valence-corrected chi connectivity index (χ0v) is 25.5. The van der Waals surface area contributed by atoms with Gasteiger partial charge in [0, 0.05) is 32.6 Å². The number of rotatable bonds is 7. The highest BCUT2D eigenvalue weighted by Gasteiger charge is 2.36. The Morgan fingerprint density at radius 1 is 0.889 bits per heavy atom. The molecular weight excluding hydrogens is 642 g/mol. The van der Waals surface area contributed by atoms with Crippen LogP contribution in [0.1, 0.15) is 52.6 Å². The topological polar surface area (TPSA) is 137 Å². The number of anilines is 1. The SMILES string of the molecule is Cc1ccc(C(=O)COC(=O)c2cc(-c3ccc(N4C(=O)c5ccccc5C4=O)cc3)nc3c(C)cc(Br)cc23)cc1[N+](=O)[O-]. The number of halogens is 1. The second-order valence-corrected chi connectivity index (χ2v) is 11.4. The van der Waals surface area contributed by atoms with Crippen LogP contribution in [0.2, 0.25) is 0 Å². The van der Waals surface area contributed by atoms with E-state index in [4.69, 9.17) is 9.72 Å². The van der Waals surface area contributed by atoms with Crippen LogP contribution >= 0.6 is 15.9 Å². The van der Waals surface area contributed by atoms with Crippen LogP contribution in [0.15, 0.2) is 89.4 Å². The average molecular weight is 664 g/mol. The largest absolute Gasteiger partial charge is 0.454 e. The van der Waals surface area contributed by atoms with Gasteiger partial charge in [0.25, 0.3) is 17.5 Å². The first kappa shape index (κ1) is 29.5. The van der Waals surface area contributed by atoms with E-state index >= 15 is 0 Å². The van der Waals surface area contributed by atoms with Gasteiger partial charge in [-0.15, -0.1) is 0 Å². The first-order valence-corrected chi connectivity index (χ1v) is 14.5. The van der Waals surface area contributed by atoms with Crippen molar-refractivity contribution in [1.29, 1.82) is 0 Å². The molecule has 1 aliphatic rings. The molecule has 0 spiro atoms. The number of fused-ring (bicyclic) bond motifs is 2. The van der Waals surface area contributed by atoms with Gasteiger partial charge in [-0.3, -0.25) is 24.5 Å². The molecule has 0 saturated heterocycles. The maximum Gasteiger partial charge on any atom is 0.339 e. The Bertz CT molecular complexity index is 2070. The summed E-state index contributed by atoms with van der Waals surface area (Å²) in [7, 11) is 0. The second kappa shape index (κ2) is 11.5. The highest BCUT2D eigenvalue weighted by Crippen LogP contribution is 2.33. The maximum atomic E-state index is 13.4. The van der Waals surface area contributed by atoms with Crippen molar-refractivity contribution >= 4 is 61.8 Å². The first-order valence-electron chi connectivity index (χ1n) is 13.7. The summed E-state index contributed by atoms with van der Waals surface area (Å²) in [5, 5.41) is 11.8. The molecule has 2 heterocycles. The molecule has 0 unspecified atom stereocenters. The van der Waals surface area contributed by atoms with Crippen molar-refractivity contribution in [3.05, 3.63) is 133 Å². The van der Waals surface area contributed by atoms with Crippen LogP contribution in [0.4, 0.5) is 11.4 Å². The Balaban J connectivity index is 1.31. The number of hydrogen-bond donors (Lipinski definition) is 0. The fourth-order valence-corrected chi connectivity index (χ4v) is 5.82. The highest BCUT2D eigenvalue weighted by molar-refractivity contribution is 9.10. The van der Waals surface area contributed by atoms with Crippen molar-refractivity contribution in [1.82, 2.24) is 4.98 Å². The number of benzene rings is 4. The van der Waals surface area contributed by atoms with Gasteiger partial charge in [0.15, 0.2) is 6.61 Å². The molecule has 4 aromatic carbocycles. The fraction of sp³-hybridized carbons (Fsp3) is 0.0882. The summed E-state index contributed by atoms with van der Waals surface area (Å²) in [6.07, 6.45) is 0. The molecule has 10 nitrogen and oxygen atoms in total. The van der Waals surface area contributed by atoms with E-state index in [1.54, 1.807) is 67.6 Å². The molecule has 0 bridgehead atoms. The van der Waals surface area contributed by atoms with Gasteiger partial charge in [-0.25, -0.2) is 14.7 Å². The minimum Gasteiger partial charge on any atom is -0.454 e. The number of esters is 1. The summed E-state index contributed by atoms with van der Waals surface area (Å²) in [6, 6.07) is 22.5. The Hall–Kier alpha value is -5.55. The standard InChI is InChI=1S/C34H22BrN3O7/c1-18-7-8-21(14-29(18)38(43)44)30(39)17-45-34(42)27-16-28(36-31-19(2)13-22(35)15-26(27)31)20-9-11-23(12-10-20)37-32(40)24-5-3-4-6-25(24)33(37)41/h3-16H,17H2,1-2H3. The number of ether oxygens (including phenoxy) is 1. The number of nitrogens with zero attached hydrogens (tertiary/aromatic N) is 3. The number of amides is 2. The van der Waals surface area contributed by atoms with Crippen LogP contribution in [0.3, 0.4) is 0 Å². The van der Waals surface area contributed by atoms with E-state index in [9.17, 15) is 29.3 Å². The number of imide groups is 1. The van der Waals surface area contributed by atoms with Crippen LogP contribution in [-0.4, -0.2) is 40.1 Å². The molecule has 0 N–H and O–H groups in total. The maximum absolute atomic E-state index is 13.4. The normalized spacial score (nSPS) is 12.4. The van der Waals surface area contributed by atoms with Gasteiger partial charge in [-0.1, -0.05) is 52.3 Å². The summed E-state index contributed by atoms with van der Waals surface area (Å²) in [5.41, 5.74) is 3.83. The summed E-state index contributed by atoms with van der Waals surface area (Å²) >= 11 is 3.46. The monoisotopic (exact) mass is 663 g/mol. The molecule has 1 aromatic heterocycles. The van der Waals surface area contributed by atoms with Crippen LogP contribution in [0.25, 0.3) is 22.2 Å². The number of nitro benzene ring substituents is 1. The number of ketones is 1. The van der Waals surface area contributed by atoms with Crippen LogP contribution in [0, 0.1) is 24.0 Å². The molecule has 5 aromatic rings. The Kier molecular flexibility index (Phi) is 7.55. The Labute approximate surface area is 264 Å². The van der Waals surface area contributed by atoms with Gasteiger partial charge < -0.3 is 4.74 Å². The smallest absolute Gasteiger partial charge is 0.339 e. The number of nitro groups is 1. The van der Waals surface area contributed by atoms with Gasteiger partial charge in [0.05, 0.1) is 38.5 Å². The highest BCUT2D eigenvalue weighted by atomic mass is 79.9. The van der Waals surface area contributed by atoms with Gasteiger partial charge >= 0.3 is 5.97 Å². The molecule has 0 saturated carbocycles. The third-order valence-electron chi connectivity index (χ3n) is 7.57. The van der Waals surface area contributed by atoms with Crippen molar-refractivity contribution in [2.45, 2.75) is 13.8 Å². The quantitative estimate of drug-likeness (QED) is 0.0595. The Morgan fingerprint density at radius 2 is 1.56 bits per heavy atom. The lowest BCUT2D eigenvalue weighted by Crippen LogP contribution is -2.29. The predicted molar refractivity (Wildman–Crippen MR) is 170 cm³/mol. The van der Waals surface area contributed by atoms with E-state index in [2.05, 4.69) is 15.9 Å². The molecule has 0 atom stereocenters. The van der Waals surface area contributed by atoms with Crippen molar-refractivity contribution in [2.75, 3.05) is 11.5 Å². The molecule has 45 heavy (non-hydrogen) atoms. The predicted octanol–water partition coefficient (Wildman–Crippen LogP) is 7.03. The van der Waals surface area contributed by atoms with Crippen molar-refractivity contribution in [2.24, 2.45) is 0 Å². The third-order valence-corrected chi connectivity index (χ3v) is 8.02. The zero-order chi connectivity index (χ0) is 32.0. The fourth-order valence-electron chi connectivity index (χ4n) is 5.25. The van der Waals surface area contributed by atoms with Gasteiger partial charge in [-0.05, 0) is 61.9 Å². The van der Waals surface area contributed by atoms with E-state index in [-0.39, 0.29) is 16.8 Å². The van der Waals surface area contributed by atoms with E-state index < -0.39 is 35.1 Å². The number of carbonyl (C=O) groups is 4. The average Bonchev–Trinajstić information content (AvgIpc) is 3.28. The minimum absolute atomic E-state index is 0.0529. The van der Waals surface area contributed by atoms with Crippen LogP contribution < -0.4 is 4.90 Å². The van der Waals surface area contributed by atoms with E-state index in [1.807, 2.05) is 13.0 Å². The third kappa shape index (κ3) is 5.38. The summed E-state index contributed by atoms with van der Waals surface area (Å²) in [6.45, 7) is 2.79. The van der Waals surface area contributed by atoms with Crippen molar-refractivity contribution in [3.63, 3.8) is 0 Å². The number of aromatic nitrogens is 1. The molecule has 222 valence electrons. The number of aryl methyl sites for hydroxylation is 2. The van der Waals surface area contributed by atoms with Gasteiger partial charge in [0.1, 0.15) is 0 Å². The summed E-state index contributed by atoms with van der Waals surface area (Å²) < 4.78 is 6.12. The van der Waals surface area contributed by atoms with Gasteiger partial charge in [-0.2, -0.15) is 0 Å².